The molecule has 3 rings (SSSR count). The van der Waals surface area contributed by atoms with E-state index in [4.69, 9.17) is 5.10 Å². The zero-order valence-corrected chi connectivity index (χ0v) is 27.7. The molecule has 5 nitrogen and oxygen atoms in total. The zero-order chi connectivity index (χ0) is 26.0. The average molecular weight is 723 g/mol. The van der Waals surface area contributed by atoms with E-state index >= 15 is 0 Å². The van der Waals surface area contributed by atoms with Crippen molar-refractivity contribution in [3.63, 3.8) is 0 Å². The molecule has 0 bridgehead atoms. The minimum atomic E-state index is -0.239. The summed E-state index contributed by atoms with van der Waals surface area (Å²) in [7, 11) is 0. The maximum atomic E-state index is 13.3. The van der Waals surface area contributed by atoms with Crippen LogP contribution in [0, 0.1) is 57.4 Å². The molecule has 0 spiro atoms. The van der Waals surface area contributed by atoms with Gasteiger partial charge in [-0.15, -0.1) is 10.7 Å². The van der Waals surface area contributed by atoms with Crippen LogP contribution in [0.5, 0.6) is 0 Å². The average Bonchev–Trinajstić information content (AvgIpc) is 3.23. The number of aromatic amines is 1. The van der Waals surface area contributed by atoms with Crippen LogP contribution < -0.4 is 5.56 Å². The maximum Gasteiger partial charge on any atom is 2.00 e. The predicted molar refractivity (Wildman–Crippen MR) is 157 cm³/mol. The monoisotopic (exact) mass is 722 g/mol. The molecule has 0 amide bonds. The number of nitrogens with zero attached hydrogens (tertiary/aromatic N) is 3. The molecule has 2 aromatic heterocycles. The first kappa shape index (κ1) is 34.3. The van der Waals surface area contributed by atoms with E-state index < -0.39 is 0 Å². The van der Waals surface area contributed by atoms with Crippen molar-refractivity contribution in [3.05, 3.63) is 102 Å². The van der Waals surface area contributed by atoms with Gasteiger partial charge in [0.25, 0.3) is 5.56 Å². The minimum Gasteiger partial charge on any atom is -0.358 e. The first-order chi connectivity index (χ1) is 16.9. The Labute approximate surface area is 246 Å². The molecule has 0 atom stereocenters. The Hall–Kier alpha value is -2.68. The summed E-state index contributed by atoms with van der Waals surface area (Å²) in [5.41, 5.74) is 5.19. The van der Waals surface area contributed by atoms with E-state index in [1.165, 1.54) is 0 Å². The van der Waals surface area contributed by atoms with Crippen LogP contribution in [0.15, 0.2) is 71.1 Å². The largest absolute Gasteiger partial charge is 2.00 e. The molecular weight excluding hydrogens is 682 g/mol. The third-order valence-corrected chi connectivity index (χ3v) is 5.12. The van der Waals surface area contributed by atoms with Gasteiger partial charge in [-0.1, -0.05) is 78.5 Å². The fourth-order valence-corrected chi connectivity index (χ4v) is 3.52. The number of allylic oxidation sites excluding steroid dienone is 6. The SMILES string of the molecule is C=C(/C=C\C=C/CC)c1c(-c2ccc[c-]c2C)cn2nc(/C(=C/C)N=CC(C)C)[nH]c(=O)c12.CC.[CH3-].[U+2]. The van der Waals surface area contributed by atoms with Gasteiger partial charge in [0.15, 0.2) is 5.82 Å². The summed E-state index contributed by atoms with van der Waals surface area (Å²) in [6, 6.07) is 9.10. The van der Waals surface area contributed by atoms with Crippen LogP contribution in [0.1, 0.15) is 64.9 Å². The molecule has 0 fully saturated rings. The van der Waals surface area contributed by atoms with Gasteiger partial charge in [0.1, 0.15) is 11.2 Å². The van der Waals surface area contributed by atoms with Gasteiger partial charge in [0, 0.05) is 18.0 Å². The Balaban J connectivity index is 0.00000316. The van der Waals surface area contributed by atoms with Crippen molar-refractivity contribution in [2.75, 3.05) is 0 Å². The molecule has 6 heteroatoms. The van der Waals surface area contributed by atoms with Crippen molar-refractivity contribution in [1.82, 2.24) is 14.6 Å². The van der Waals surface area contributed by atoms with Crippen molar-refractivity contribution in [2.45, 2.75) is 54.9 Å². The normalized spacial score (nSPS) is 11.6. The van der Waals surface area contributed by atoms with Gasteiger partial charge in [-0.3, -0.25) is 9.79 Å². The molecule has 1 N–H and O–H groups in total. The minimum absolute atomic E-state index is 0. The Kier molecular flexibility index (Phi) is 15.7. The zero-order valence-electron chi connectivity index (χ0n) is 23.5. The van der Waals surface area contributed by atoms with Crippen LogP contribution in [-0.2, 0) is 0 Å². The second-order valence-corrected chi connectivity index (χ2v) is 8.14. The van der Waals surface area contributed by atoms with E-state index in [1.54, 1.807) is 4.52 Å². The number of nitrogens with one attached hydrogen (secondary N) is 1. The molecule has 194 valence electrons. The fourth-order valence-electron chi connectivity index (χ4n) is 3.52. The standard InChI is InChI=1S/C28H31N4O.C2H6.CH3.U/c1-7-9-10-11-15-21(6)25-23(22-16-13-12-14-20(22)5)18-32-26(25)28(33)30-27(31-32)24(8-2)29-17-19(3)4;1-2;;/h8-13,15-19H,6-7H2,1-5H3,(H,30,31,33);1-2H3;1H3;/q-1;;-1;+2/b10-9-,15-11-,24-8-,29-17?;;;. The molecule has 1 aromatic carbocycles. The van der Waals surface area contributed by atoms with Crippen molar-refractivity contribution in [2.24, 2.45) is 10.9 Å². The summed E-state index contributed by atoms with van der Waals surface area (Å²) in [5.74, 6) is 0.706. The summed E-state index contributed by atoms with van der Waals surface area (Å²) in [5, 5.41) is 4.70. The smallest absolute Gasteiger partial charge is 0.358 e. The summed E-state index contributed by atoms with van der Waals surface area (Å²) in [4.78, 5) is 20.7. The third-order valence-electron chi connectivity index (χ3n) is 5.12. The topological polar surface area (TPSA) is 62.5 Å². The van der Waals surface area contributed by atoms with Gasteiger partial charge in [0.05, 0.1) is 0 Å². The molecule has 0 aliphatic carbocycles. The third kappa shape index (κ3) is 8.69. The van der Waals surface area contributed by atoms with Crippen molar-refractivity contribution < 1.29 is 31.1 Å². The van der Waals surface area contributed by atoms with Gasteiger partial charge in [-0.2, -0.15) is 29.8 Å². The number of hydrogen-bond acceptors (Lipinski definition) is 3. The van der Waals surface area contributed by atoms with Gasteiger partial charge in [0.2, 0.25) is 0 Å². The van der Waals surface area contributed by atoms with E-state index in [1.807, 2.05) is 82.6 Å². The van der Waals surface area contributed by atoms with E-state index in [2.05, 4.69) is 49.5 Å². The van der Waals surface area contributed by atoms with Crippen LogP contribution in [0.25, 0.3) is 27.9 Å². The summed E-state index contributed by atoms with van der Waals surface area (Å²) in [6.45, 7) is 18.3. The van der Waals surface area contributed by atoms with E-state index in [0.29, 0.717) is 17.0 Å². The molecule has 0 aliphatic heterocycles. The molecular formula is C31H40N4OU. The molecule has 0 saturated heterocycles. The Morgan fingerprint density at radius 3 is 2.57 bits per heavy atom. The van der Waals surface area contributed by atoms with Crippen LogP contribution >= 0.6 is 0 Å². The first-order valence-corrected chi connectivity index (χ1v) is 12.2. The van der Waals surface area contributed by atoms with Crippen molar-refractivity contribution in [3.8, 4) is 11.1 Å². The molecule has 2 heterocycles. The summed E-state index contributed by atoms with van der Waals surface area (Å²) >= 11 is 0. The van der Waals surface area contributed by atoms with Crippen LogP contribution in [-0.4, -0.2) is 20.8 Å². The van der Waals surface area contributed by atoms with Crippen molar-refractivity contribution >= 4 is 23.0 Å². The van der Waals surface area contributed by atoms with Gasteiger partial charge in [-0.05, 0) is 30.4 Å². The number of rotatable bonds is 8. The van der Waals surface area contributed by atoms with Gasteiger partial charge < -0.3 is 12.4 Å². The number of aromatic nitrogens is 3. The molecule has 0 radical (unpaired) electrons. The molecule has 0 aliphatic rings. The predicted octanol–water partition coefficient (Wildman–Crippen LogP) is 7.90. The Morgan fingerprint density at radius 2 is 1.97 bits per heavy atom. The Morgan fingerprint density at radius 1 is 1.27 bits per heavy atom. The number of aryl methyl sites for hydroxylation is 1. The molecule has 0 unspecified atom stereocenters. The van der Waals surface area contributed by atoms with Crippen molar-refractivity contribution in [1.29, 1.82) is 0 Å². The number of hydrogen-bond donors (Lipinski definition) is 1. The van der Waals surface area contributed by atoms with Crippen LogP contribution in [0.2, 0.25) is 0 Å². The summed E-state index contributed by atoms with van der Waals surface area (Å²) < 4.78 is 1.64. The van der Waals surface area contributed by atoms with E-state index in [9.17, 15) is 4.79 Å². The van der Waals surface area contributed by atoms with E-state index in [0.717, 1.165) is 34.2 Å². The second-order valence-electron chi connectivity index (χ2n) is 8.14. The number of fused-ring (bicyclic) bond motifs is 1. The number of H-pyrrole nitrogens is 1. The Bertz CT molecular complexity index is 1340. The fraction of sp³-hybridized carbons (Fsp3) is 0.290. The van der Waals surface area contributed by atoms with Gasteiger partial charge >= 0.3 is 31.1 Å². The molecule has 37 heavy (non-hydrogen) atoms. The quantitative estimate of drug-likeness (QED) is 0.146. The van der Waals surface area contributed by atoms with E-state index in [-0.39, 0.29) is 50.0 Å². The van der Waals surface area contributed by atoms with Crippen LogP contribution in [0.3, 0.4) is 0 Å². The second kappa shape index (κ2) is 16.9. The summed E-state index contributed by atoms with van der Waals surface area (Å²) in [6.07, 6.45) is 14.4. The van der Waals surface area contributed by atoms with Crippen LogP contribution in [0.4, 0.5) is 0 Å². The van der Waals surface area contributed by atoms with Gasteiger partial charge in [-0.25, -0.2) is 4.52 Å². The maximum absolute atomic E-state index is 13.3. The number of aliphatic imine (C=N–C) groups is 1. The molecule has 3 aromatic rings. The molecule has 0 saturated carbocycles. The number of benzene rings is 1. The first-order valence-electron chi connectivity index (χ1n) is 12.2.